The summed E-state index contributed by atoms with van der Waals surface area (Å²) in [5, 5.41) is 13.3. The molecule has 0 saturated heterocycles. The Morgan fingerprint density at radius 1 is 1.12 bits per heavy atom. The molecule has 0 aliphatic carbocycles. The number of nitrogens with zero attached hydrogens (tertiary/aromatic N) is 5. The highest BCUT2D eigenvalue weighted by Crippen LogP contribution is 2.27. The molecular weight excluding hydrogens is 301 g/mol. The Hall–Kier alpha value is -3.16. The Balaban J connectivity index is 1.59. The first kappa shape index (κ1) is 14.4. The molecule has 0 amide bonds. The normalized spacial score (nSPS) is 21.5. The molecule has 3 N–H and O–H groups in total. The lowest BCUT2D eigenvalue weighted by Crippen LogP contribution is -2.38. The van der Waals surface area contributed by atoms with Gasteiger partial charge in [0.2, 0.25) is 5.96 Å². The molecule has 2 aliphatic rings. The van der Waals surface area contributed by atoms with E-state index >= 15 is 0 Å². The van der Waals surface area contributed by atoms with Gasteiger partial charge in [-0.05, 0) is 30.3 Å². The smallest absolute Gasteiger partial charge is 0.224 e. The summed E-state index contributed by atoms with van der Waals surface area (Å²) < 4.78 is 0. The number of hydrogen-bond donors (Lipinski definition) is 2. The van der Waals surface area contributed by atoms with Crippen molar-refractivity contribution < 1.29 is 0 Å². The van der Waals surface area contributed by atoms with Crippen LogP contribution in [0.3, 0.4) is 0 Å². The van der Waals surface area contributed by atoms with Crippen molar-refractivity contribution in [2.45, 2.75) is 12.2 Å². The van der Waals surface area contributed by atoms with Crippen molar-refractivity contribution in [2.24, 2.45) is 20.3 Å². The van der Waals surface area contributed by atoms with Crippen LogP contribution in [-0.4, -0.2) is 32.2 Å². The number of rotatable bonds is 2. The summed E-state index contributed by atoms with van der Waals surface area (Å²) in [6, 6.07) is 14.7. The molecule has 2 radical (unpaired) electrons. The van der Waals surface area contributed by atoms with Gasteiger partial charge in [0.15, 0.2) is 12.2 Å². The maximum Gasteiger partial charge on any atom is 0.224 e. The highest BCUT2D eigenvalue weighted by molar-refractivity contribution is 6.32. The SMILES string of the molecule is [B]c1cccc(N2N=NC3C=NC(Nc4cccc(N)c4)=NC32)c1. The van der Waals surface area contributed by atoms with Gasteiger partial charge < -0.3 is 11.1 Å². The average Bonchev–Trinajstić information content (AvgIpc) is 2.98. The molecule has 2 aliphatic heterocycles. The van der Waals surface area contributed by atoms with Crippen LogP contribution in [0.2, 0.25) is 0 Å². The molecule has 24 heavy (non-hydrogen) atoms. The van der Waals surface area contributed by atoms with Crippen molar-refractivity contribution in [3.8, 4) is 0 Å². The van der Waals surface area contributed by atoms with Crippen molar-refractivity contribution in [1.82, 2.24) is 0 Å². The minimum atomic E-state index is -0.284. The van der Waals surface area contributed by atoms with Crippen LogP contribution in [-0.2, 0) is 0 Å². The van der Waals surface area contributed by atoms with Crippen molar-refractivity contribution in [3.05, 3.63) is 48.5 Å². The number of nitrogens with two attached hydrogens (primary N) is 1. The number of guanidine groups is 1. The minimum Gasteiger partial charge on any atom is -0.399 e. The lowest BCUT2D eigenvalue weighted by atomic mass is 9.96. The third-order valence-electron chi connectivity index (χ3n) is 3.72. The zero-order valence-electron chi connectivity index (χ0n) is 12.7. The fourth-order valence-corrected chi connectivity index (χ4v) is 2.60. The van der Waals surface area contributed by atoms with Crippen molar-refractivity contribution in [1.29, 1.82) is 0 Å². The molecule has 2 aromatic rings. The first-order valence-electron chi connectivity index (χ1n) is 7.49. The van der Waals surface area contributed by atoms with Gasteiger partial charge in [-0.1, -0.05) is 28.9 Å². The van der Waals surface area contributed by atoms with Gasteiger partial charge in [-0.25, -0.2) is 15.0 Å². The van der Waals surface area contributed by atoms with E-state index < -0.39 is 0 Å². The molecule has 8 heteroatoms. The Bertz CT molecular complexity index is 861. The quantitative estimate of drug-likeness (QED) is 0.650. The van der Waals surface area contributed by atoms with Crippen molar-refractivity contribution >= 4 is 42.5 Å². The fourth-order valence-electron chi connectivity index (χ4n) is 2.60. The van der Waals surface area contributed by atoms with Crippen LogP contribution < -0.4 is 21.5 Å². The molecule has 2 heterocycles. The van der Waals surface area contributed by atoms with Gasteiger partial charge in [0.1, 0.15) is 7.85 Å². The largest absolute Gasteiger partial charge is 0.399 e. The molecule has 4 rings (SSSR count). The zero-order valence-corrected chi connectivity index (χ0v) is 12.7. The van der Waals surface area contributed by atoms with E-state index in [1.165, 1.54) is 0 Å². The van der Waals surface area contributed by atoms with Gasteiger partial charge >= 0.3 is 0 Å². The monoisotopic (exact) mass is 315 g/mol. The Morgan fingerprint density at radius 3 is 2.83 bits per heavy atom. The van der Waals surface area contributed by atoms with E-state index in [0.717, 1.165) is 11.4 Å². The van der Waals surface area contributed by atoms with E-state index in [9.17, 15) is 0 Å². The lowest BCUT2D eigenvalue weighted by molar-refractivity contribution is 0.667. The Kier molecular flexibility index (Phi) is 3.49. The summed E-state index contributed by atoms with van der Waals surface area (Å²) in [6.45, 7) is 0. The number of fused-ring (bicyclic) bond motifs is 1. The second kappa shape index (κ2) is 5.80. The predicted molar refractivity (Wildman–Crippen MR) is 97.1 cm³/mol. The lowest BCUT2D eigenvalue weighted by Gasteiger charge is -2.24. The third kappa shape index (κ3) is 2.73. The third-order valence-corrected chi connectivity index (χ3v) is 3.72. The van der Waals surface area contributed by atoms with Gasteiger partial charge in [0.25, 0.3) is 0 Å². The summed E-state index contributed by atoms with van der Waals surface area (Å²) in [4.78, 5) is 8.93. The summed E-state index contributed by atoms with van der Waals surface area (Å²) in [6.07, 6.45) is 1.45. The summed E-state index contributed by atoms with van der Waals surface area (Å²) in [5.74, 6) is 0.489. The molecule has 7 nitrogen and oxygen atoms in total. The highest BCUT2D eigenvalue weighted by atomic mass is 15.6. The maximum atomic E-state index is 5.85. The molecule has 2 aromatic carbocycles. The van der Waals surface area contributed by atoms with Gasteiger partial charge in [0, 0.05) is 17.6 Å². The molecule has 2 atom stereocenters. The second-order valence-electron chi connectivity index (χ2n) is 5.53. The first-order valence-corrected chi connectivity index (χ1v) is 7.49. The summed E-state index contributed by atoms with van der Waals surface area (Å²) in [7, 11) is 5.85. The molecule has 116 valence electrons. The van der Waals surface area contributed by atoms with Crippen LogP contribution in [0.5, 0.6) is 0 Å². The zero-order chi connectivity index (χ0) is 16.5. The Labute approximate surface area is 140 Å². The van der Waals surface area contributed by atoms with E-state index in [2.05, 4.69) is 25.6 Å². The van der Waals surface area contributed by atoms with Crippen LogP contribution in [0.1, 0.15) is 0 Å². The molecule has 0 saturated carbocycles. The number of benzene rings is 2. The topological polar surface area (TPSA) is 90.7 Å². The standard InChI is InChI=1S/C16H14BN7/c17-10-3-1-6-13(7-10)24-15-14(22-23-24)9-19-16(21-15)20-12-5-2-4-11(18)8-12/h1-9,14-15H,18H2,(H,20,21). The van der Waals surface area contributed by atoms with E-state index in [1.54, 1.807) is 11.2 Å². The molecule has 2 unspecified atom stereocenters. The fraction of sp³-hybridized carbons (Fsp3) is 0.125. The minimum absolute atomic E-state index is 0.210. The molecule has 0 fully saturated rings. The van der Waals surface area contributed by atoms with E-state index in [4.69, 9.17) is 13.6 Å². The first-order chi connectivity index (χ1) is 11.7. The number of nitrogen functional groups attached to an aromatic ring is 1. The van der Waals surface area contributed by atoms with Crippen LogP contribution >= 0.6 is 0 Å². The molecule has 0 bridgehead atoms. The highest BCUT2D eigenvalue weighted by Gasteiger charge is 2.35. The van der Waals surface area contributed by atoms with Gasteiger partial charge in [-0.3, -0.25) is 0 Å². The van der Waals surface area contributed by atoms with Crippen LogP contribution in [0.25, 0.3) is 0 Å². The molecular formula is C16H14BN7. The molecule has 0 aromatic heterocycles. The number of anilines is 3. The van der Waals surface area contributed by atoms with E-state index in [-0.39, 0.29) is 12.2 Å². The van der Waals surface area contributed by atoms with E-state index in [0.29, 0.717) is 17.1 Å². The van der Waals surface area contributed by atoms with Crippen molar-refractivity contribution in [3.63, 3.8) is 0 Å². The average molecular weight is 315 g/mol. The van der Waals surface area contributed by atoms with Crippen LogP contribution in [0.4, 0.5) is 17.1 Å². The summed E-state index contributed by atoms with van der Waals surface area (Å²) in [5.41, 5.74) is 8.80. The maximum absolute atomic E-state index is 5.85. The second-order valence-corrected chi connectivity index (χ2v) is 5.53. The van der Waals surface area contributed by atoms with Gasteiger partial charge in [0.05, 0.1) is 5.69 Å². The molecule has 0 spiro atoms. The van der Waals surface area contributed by atoms with Gasteiger partial charge in [-0.2, -0.15) is 5.11 Å². The predicted octanol–water partition coefficient (Wildman–Crippen LogP) is 1.50. The number of nitrogens with one attached hydrogen (secondary N) is 1. The summed E-state index contributed by atoms with van der Waals surface area (Å²) >= 11 is 0. The number of aliphatic imine (C=N–C) groups is 2. The van der Waals surface area contributed by atoms with E-state index in [1.807, 2.05) is 48.5 Å². The van der Waals surface area contributed by atoms with Crippen LogP contribution in [0.15, 0.2) is 68.9 Å². The van der Waals surface area contributed by atoms with Gasteiger partial charge in [-0.15, -0.1) is 0 Å². The van der Waals surface area contributed by atoms with Crippen molar-refractivity contribution in [2.75, 3.05) is 16.1 Å². The Morgan fingerprint density at radius 2 is 2.00 bits per heavy atom. The van der Waals surface area contributed by atoms with Crippen LogP contribution in [0, 0.1) is 0 Å². The number of hydrogen-bond acceptors (Lipinski definition) is 7.